The van der Waals surface area contributed by atoms with Crippen molar-refractivity contribution in [3.8, 4) is 11.6 Å². The molecule has 0 saturated carbocycles. The van der Waals surface area contributed by atoms with Gasteiger partial charge in [0, 0.05) is 30.1 Å². The number of ether oxygens (including phenoxy) is 1. The van der Waals surface area contributed by atoms with Crippen LogP contribution in [0.15, 0.2) is 53.5 Å². The minimum absolute atomic E-state index is 0.0986. The van der Waals surface area contributed by atoms with Crippen molar-refractivity contribution in [2.75, 3.05) is 0 Å². The zero-order chi connectivity index (χ0) is 22.3. The van der Waals surface area contributed by atoms with Crippen molar-refractivity contribution in [2.45, 2.75) is 20.5 Å². The number of carbonyl (C=O) groups is 1. The van der Waals surface area contributed by atoms with Crippen molar-refractivity contribution in [3.63, 3.8) is 0 Å². The van der Waals surface area contributed by atoms with Crippen LogP contribution >= 0.6 is 11.6 Å². The molecule has 2 aromatic carbocycles. The molecule has 4 rings (SSSR count). The average Bonchev–Trinajstić information content (AvgIpc) is 3.14. The lowest BCUT2D eigenvalue weighted by Gasteiger charge is -2.14. The molecule has 0 spiro atoms. The Bertz CT molecular complexity index is 1400. The van der Waals surface area contributed by atoms with Crippen molar-refractivity contribution >= 4 is 28.4 Å². The van der Waals surface area contributed by atoms with E-state index in [1.54, 1.807) is 37.4 Å². The van der Waals surface area contributed by atoms with E-state index in [2.05, 4.69) is 4.98 Å². The molecule has 2 heterocycles. The second-order valence-corrected chi connectivity index (χ2v) is 7.27. The molecule has 158 valence electrons. The first kappa shape index (κ1) is 20.7. The maximum Gasteiger partial charge on any atom is 0.280 e. The van der Waals surface area contributed by atoms with Gasteiger partial charge in [0.25, 0.3) is 5.56 Å². The normalized spacial score (nSPS) is 11.1. The number of aromatic nitrogens is 3. The maximum absolute atomic E-state index is 13.8. The Morgan fingerprint density at radius 3 is 2.65 bits per heavy atom. The van der Waals surface area contributed by atoms with E-state index >= 15 is 0 Å². The van der Waals surface area contributed by atoms with Crippen LogP contribution in [0.25, 0.3) is 16.6 Å². The number of aryl methyl sites for hydroxylation is 1. The van der Waals surface area contributed by atoms with Crippen LogP contribution in [-0.4, -0.2) is 20.0 Å². The highest BCUT2D eigenvalue weighted by molar-refractivity contribution is 6.31. The second-order valence-electron chi connectivity index (χ2n) is 6.89. The topological polar surface area (TPSA) is 66.1 Å². The summed E-state index contributed by atoms with van der Waals surface area (Å²) in [5.74, 6) is -1.44. The molecule has 6 nitrogen and oxygen atoms in total. The van der Waals surface area contributed by atoms with Crippen molar-refractivity contribution < 1.29 is 18.3 Å². The monoisotopic (exact) mass is 443 g/mol. The lowest BCUT2D eigenvalue weighted by molar-refractivity contribution is 0.0941. The fourth-order valence-corrected chi connectivity index (χ4v) is 3.49. The van der Waals surface area contributed by atoms with Gasteiger partial charge in [-0.05, 0) is 43.3 Å². The molecule has 0 N–H and O–H groups in total. The molecule has 4 aromatic rings. The lowest BCUT2D eigenvalue weighted by atomic mass is 10.2. The Hall–Kier alpha value is -3.52. The molecule has 0 bridgehead atoms. The number of carbonyl (C=O) groups excluding carboxylic acids is 1. The molecule has 0 unspecified atom stereocenters. The van der Waals surface area contributed by atoms with Crippen LogP contribution in [0.4, 0.5) is 8.78 Å². The van der Waals surface area contributed by atoms with Gasteiger partial charge in [-0.15, -0.1) is 0 Å². The zero-order valence-corrected chi connectivity index (χ0v) is 17.3. The highest BCUT2D eigenvalue weighted by atomic mass is 35.5. The largest absolute Gasteiger partial charge is 0.471 e. The Morgan fingerprint density at radius 2 is 1.94 bits per heavy atom. The number of benzene rings is 2. The van der Waals surface area contributed by atoms with Crippen molar-refractivity contribution in [2.24, 2.45) is 0 Å². The number of hydrogen-bond acceptors (Lipinski definition) is 4. The molecular weight excluding hydrogens is 428 g/mol. The summed E-state index contributed by atoms with van der Waals surface area (Å²) in [7, 11) is 0. The maximum atomic E-state index is 13.8. The minimum Gasteiger partial charge on any atom is -0.471 e. The van der Waals surface area contributed by atoms with Gasteiger partial charge in [0.2, 0.25) is 11.8 Å². The molecule has 0 saturated heterocycles. The van der Waals surface area contributed by atoms with E-state index in [4.69, 9.17) is 16.3 Å². The smallest absolute Gasteiger partial charge is 0.280 e. The third-order valence-electron chi connectivity index (χ3n) is 4.82. The van der Waals surface area contributed by atoms with Gasteiger partial charge in [-0.3, -0.25) is 18.7 Å². The number of fused-ring (bicyclic) bond motifs is 1. The van der Waals surface area contributed by atoms with Gasteiger partial charge >= 0.3 is 0 Å². The number of halogens is 3. The molecular formula is C22H16ClF2N3O3. The first-order valence-electron chi connectivity index (χ1n) is 9.24. The quantitative estimate of drug-likeness (QED) is 0.460. The standard InChI is InChI=1S/C22H16ClF2N3O3/c1-12-26-21(31-11-15-3-4-16(24)10-18(15)25)20(23)22(30)28(12)17-5-6-19-14(9-17)7-8-27(19)13(2)29/h3-10H,11H2,1-2H3. The van der Waals surface area contributed by atoms with Crippen LogP contribution in [0.3, 0.4) is 0 Å². The van der Waals surface area contributed by atoms with E-state index in [-0.39, 0.29) is 29.0 Å². The van der Waals surface area contributed by atoms with E-state index in [9.17, 15) is 18.4 Å². The summed E-state index contributed by atoms with van der Waals surface area (Å²) in [6, 6.07) is 10.0. The predicted octanol–water partition coefficient (Wildman–Crippen LogP) is 4.67. The van der Waals surface area contributed by atoms with Gasteiger partial charge in [-0.1, -0.05) is 11.6 Å². The van der Waals surface area contributed by atoms with Gasteiger partial charge in [-0.25, -0.2) is 8.78 Å². The van der Waals surface area contributed by atoms with Crippen LogP contribution in [0.5, 0.6) is 5.88 Å². The molecule has 0 fully saturated rings. The van der Waals surface area contributed by atoms with Gasteiger partial charge in [0.05, 0.1) is 11.2 Å². The van der Waals surface area contributed by atoms with Crippen molar-refractivity contribution in [1.82, 2.24) is 14.1 Å². The molecule has 0 aliphatic rings. The summed E-state index contributed by atoms with van der Waals surface area (Å²) in [6.45, 7) is 2.79. The molecule has 0 aliphatic carbocycles. The number of nitrogens with zero attached hydrogens (tertiary/aromatic N) is 3. The summed E-state index contributed by atoms with van der Waals surface area (Å²) >= 11 is 6.19. The fraction of sp³-hybridized carbons (Fsp3) is 0.136. The number of hydrogen-bond donors (Lipinski definition) is 0. The molecule has 9 heteroatoms. The van der Waals surface area contributed by atoms with E-state index in [0.717, 1.165) is 17.5 Å². The second kappa shape index (κ2) is 7.96. The van der Waals surface area contributed by atoms with E-state index < -0.39 is 17.2 Å². The first-order valence-corrected chi connectivity index (χ1v) is 9.62. The van der Waals surface area contributed by atoms with Gasteiger partial charge in [0.15, 0.2) is 5.02 Å². The zero-order valence-electron chi connectivity index (χ0n) is 16.5. The molecule has 31 heavy (non-hydrogen) atoms. The molecule has 2 aromatic heterocycles. The predicted molar refractivity (Wildman–Crippen MR) is 112 cm³/mol. The molecule has 0 atom stereocenters. The summed E-state index contributed by atoms with van der Waals surface area (Å²) in [6.07, 6.45) is 1.66. The van der Waals surface area contributed by atoms with Crippen molar-refractivity contribution in [3.05, 3.63) is 87.1 Å². The highest BCUT2D eigenvalue weighted by Gasteiger charge is 2.17. The Balaban J connectivity index is 1.69. The van der Waals surface area contributed by atoms with Crippen LogP contribution in [0.2, 0.25) is 5.02 Å². The van der Waals surface area contributed by atoms with Crippen LogP contribution in [0.1, 0.15) is 23.1 Å². The highest BCUT2D eigenvalue weighted by Crippen LogP contribution is 2.24. The third-order valence-corrected chi connectivity index (χ3v) is 5.14. The van der Waals surface area contributed by atoms with Gasteiger partial charge in [-0.2, -0.15) is 4.98 Å². The Morgan fingerprint density at radius 1 is 1.16 bits per heavy atom. The van der Waals surface area contributed by atoms with Crippen molar-refractivity contribution in [1.29, 1.82) is 0 Å². The molecule has 0 aliphatic heterocycles. The minimum atomic E-state index is -0.771. The van der Waals surface area contributed by atoms with Crippen LogP contribution in [-0.2, 0) is 6.61 Å². The molecule has 0 radical (unpaired) electrons. The summed E-state index contributed by atoms with van der Waals surface area (Å²) in [5.41, 5.74) is 0.764. The Kier molecular flexibility index (Phi) is 5.32. The SMILES string of the molecule is CC(=O)n1ccc2cc(-n3c(C)nc(OCc4ccc(F)cc4F)c(Cl)c3=O)ccc21. The molecule has 0 amide bonds. The van der Waals surface area contributed by atoms with E-state index in [0.29, 0.717) is 17.0 Å². The lowest BCUT2D eigenvalue weighted by Crippen LogP contribution is -2.23. The number of rotatable bonds is 4. The average molecular weight is 444 g/mol. The van der Waals surface area contributed by atoms with E-state index in [1.165, 1.54) is 22.1 Å². The summed E-state index contributed by atoms with van der Waals surface area (Å²) in [4.78, 5) is 28.8. The van der Waals surface area contributed by atoms with Crippen LogP contribution < -0.4 is 10.3 Å². The Labute approximate surface area is 180 Å². The van der Waals surface area contributed by atoms with Crippen LogP contribution in [0, 0.1) is 18.6 Å². The summed E-state index contributed by atoms with van der Waals surface area (Å²) < 4.78 is 35.1. The fourth-order valence-electron chi connectivity index (χ4n) is 3.31. The van der Waals surface area contributed by atoms with Gasteiger partial charge in [0.1, 0.15) is 24.1 Å². The van der Waals surface area contributed by atoms with Gasteiger partial charge < -0.3 is 4.74 Å². The van der Waals surface area contributed by atoms with E-state index in [1.807, 2.05) is 0 Å². The third kappa shape index (κ3) is 3.82. The first-order chi connectivity index (χ1) is 14.8. The summed E-state index contributed by atoms with van der Waals surface area (Å²) in [5, 5.41) is 0.497.